The van der Waals surface area contributed by atoms with Crippen molar-refractivity contribution < 1.29 is 19.0 Å². The number of ether oxygens (including phenoxy) is 3. The summed E-state index contributed by atoms with van der Waals surface area (Å²) in [6.07, 6.45) is 1.66. The van der Waals surface area contributed by atoms with Gasteiger partial charge in [0.15, 0.2) is 11.5 Å². The molecule has 2 aromatic rings. The molecule has 0 spiro atoms. The monoisotopic (exact) mass is 383 g/mol. The van der Waals surface area contributed by atoms with Gasteiger partial charge in [0.1, 0.15) is 0 Å². The number of hydrogen-bond donors (Lipinski definition) is 0. The molecule has 0 N–H and O–H groups in total. The van der Waals surface area contributed by atoms with Crippen molar-refractivity contribution in [2.24, 2.45) is 5.92 Å². The molecule has 5 nitrogen and oxygen atoms in total. The molecule has 1 saturated heterocycles. The predicted molar refractivity (Wildman–Crippen MR) is 109 cm³/mol. The standard InChI is InChI=1S/C23H29NO4/c1-17-15-24(23(25)27-3)16-20(17)19-11-12-21(26-2)22(14-19)28-13-7-10-18-8-5-4-6-9-18/h4-6,8-9,11-12,14,17,20H,7,10,13,15-16H2,1-3H3/t17?,20-/m1/s1. The number of aryl methyl sites for hydroxylation is 1. The number of nitrogens with zero attached hydrogens (tertiary/aromatic N) is 1. The normalized spacial score (nSPS) is 18.8. The van der Waals surface area contributed by atoms with Crippen LogP contribution in [-0.2, 0) is 11.2 Å². The summed E-state index contributed by atoms with van der Waals surface area (Å²) in [6, 6.07) is 16.5. The Morgan fingerprint density at radius 3 is 2.57 bits per heavy atom. The van der Waals surface area contributed by atoms with Crippen molar-refractivity contribution in [3.8, 4) is 11.5 Å². The first-order valence-corrected chi connectivity index (χ1v) is 9.80. The van der Waals surface area contributed by atoms with E-state index >= 15 is 0 Å². The first-order chi connectivity index (χ1) is 13.6. The van der Waals surface area contributed by atoms with Crippen LogP contribution in [0.3, 0.4) is 0 Å². The van der Waals surface area contributed by atoms with Crippen LogP contribution in [0.15, 0.2) is 48.5 Å². The zero-order valence-corrected chi connectivity index (χ0v) is 16.9. The first-order valence-electron chi connectivity index (χ1n) is 9.80. The van der Waals surface area contributed by atoms with Crippen molar-refractivity contribution in [3.63, 3.8) is 0 Å². The van der Waals surface area contributed by atoms with Crippen LogP contribution < -0.4 is 9.47 Å². The molecule has 150 valence electrons. The zero-order chi connectivity index (χ0) is 19.9. The first kappa shape index (κ1) is 20.1. The number of carbonyl (C=O) groups excluding carboxylic acids is 1. The van der Waals surface area contributed by atoms with Gasteiger partial charge in [-0.1, -0.05) is 43.3 Å². The summed E-state index contributed by atoms with van der Waals surface area (Å²) >= 11 is 0. The van der Waals surface area contributed by atoms with E-state index in [0.29, 0.717) is 25.6 Å². The van der Waals surface area contributed by atoms with E-state index in [9.17, 15) is 4.79 Å². The molecule has 0 aromatic heterocycles. The highest BCUT2D eigenvalue weighted by Gasteiger charge is 2.34. The molecule has 5 heteroatoms. The highest BCUT2D eigenvalue weighted by Crippen LogP contribution is 2.37. The third-order valence-corrected chi connectivity index (χ3v) is 5.37. The lowest BCUT2D eigenvalue weighted by atomic mass is 9.90. The highest BCUT2D eigenvalue weighted by atomic mass is 16.5. The van der Waals surface area contributed by atoms with Crippen molar-refractivity contribution in [1.29, 1.82) is 0 Å². The van der Waals surface area contributed by atoms with E-state index in [1.165, 1.54) is 12.7 Å². The van der Waals surface area contributed by atoms with E-state index in [1.54, 1.807) is 12.0 Å². The average molecular weight is 383 g/mol. The van der Waals surface area contributed by atoms with Gasteiger partial charge in [0.05, 0.1) is 20.8 Å². The van der Waals surface area contributed by atoms with Crippen LogP contribution in [-0.4, -0.2) is 44.9 Å². The molecular formula is C23H29NO4. The second-order valence-electron chi connectivity index (χ2n) is 7.31. The maximum atomic E-state index is 11.9. The summed E-state index contributed by atoms with van der Waals surface area (Å²) in [6.45, 7) is 4.16. The largest absolute Gasteiger partial charge is 0.493 e. The lowest BCUT2D eigenvalue weighted by molar-refractivity contribution is 0.131. The molecule has 1 aliphatic rings. The summed E-state index contributed by atoms with van der Waals surface area (Å²) in [5.41, 5.74) is 2.48. The van der Waals surface area contributed by atoms with Crippen molar-refractivity contribution in [2.75, 3.05) is 33.9 Å². The molecule has 1 unspecified atom stereocenters. The minimum Gasteiger partial charge on any atom is -0.493 e. The summed E-state index contributed by atoms with van der Waals surface area (Å²) < 4.78 is 16.4. The molecule has 0 aliphatic carbocycles. The Morgan fingerprint density at radius 2 is 1.86 bits per heavy atom. The van der Waals surface area contributed by atoms with Crippen molar-refractivity contribution >= 4 is 6.09 Å². The fourth-order valence-electron chi connectivity index (χ4n) is 3.82. The van der Waals surface area contributed by atoms with Crippen LogP contribution in [0.25, 0.3) is 0 Å². The van der Waals surface area contributed by atoms with Gasteiger partial charge in [-0.2, -0.15) is 0 Å². The Kier molecular flexibility index (Phi) is 6.80. The van der Waals surface area contributed by atoms with E-state index in [2.05, 4.69) is 43.3 Å². The number of hydrogen-bond acceptors (Lipinski definition) is 4. The minimum absolute atomic E-state index is 0.261. The van der Waals surface area contributed by atoms with Gasteiger partial charge in [0, 0.05) is 19.0 Å². The van der Waals surface area contributed by atoms with Crippen LogP contribution in [0.5, 0.6) is 11.5 Å². The maximum absolute atomic E-state index is 11.9. The SMILES string of the molecule is COC(=O)N1CC(C)[C@H](c2ccc(OC)c(OCCCc3ccccc3)c2)C1. The van der Waals surface area contributed by atoms with Gasteiger partial charge in [-0.05, 0) is 42.0 Å². The topological polar surface area (TPSA) is 48.0 Å². The Labute approximate surface area is 167 Å². The third kappa shape index (κ3) is 4.77. The van der Waals surface area contributed by atoms with Crippen LogP contribution in [0.4, 0.5) is 4.79 Å². The lowest BCUT2D eigenvalue weighted by Crippen LogP contribution is -2.28. The number of benzene rings is 2. The van der Waals surface area contributed by atoms with E-state index in [0.717, 1.165) is 29.9 Å². The van der Waals surface area contributed by atoms with Crippen molar-refractivity contribution in [3.05, 3.63) is 59.7 Å². The summed E-state index contributed by atoms with van der Waals surface area (Å²) in [4.78, 5) is 13.6. The Hall–Kier alpha value is -2.69. The van der Waals surface area contributed by atoms with Crippen molar-refractivity contribution in [1.82, 2.24) is 4.90 Å². The van der Waals surface area contributed by atoms with E-state index in [-0.39, 0.29) is 12.0 Å². The van der Waals surface area contributed by atoms with E-state index in [1.807, 2.05) is 12.1 Å². The lowest BCUT2D eigenvalue weighted by Gasteiger charge is -2.18. The highest BCUT2D eigenvalue weighted by molar-refractivity contribution is 5.68. The van der Waals surface area contributed by atoms with E-state index < -0.39 is 0 Å². The molecule has 2 aromatic carbocycles. The van der Waals surface area contributed by atoms with Gasteiger partial charge in [0.2, 0.25) is 0 Å². The molecule has 0 saturated carbocycles. The summed E-state index contributed by atoms with van der Waals surface area (Å²) in [5, 5.41) is 0. The van der Waals surface area contributed by atoms with Gasteiger partial charge in [-0.3, -0.25) is 0 Å². The van der Waals surface area contributed by atoms with Gasteiger partial charge in [-0.15, -0.1) is 0 Å². The van der Waals surface area contributed by atoms with Crippen LogP contribution in [0.2, 0.25) is 0 Å². The summed E-state index contributed by atoms with van der Waals surface area (Å²) in [5.74, 6) is 2.12. The third-order valence-electron chi connectivity index (χ3n) is 5.37. The average Bonchev–Trinajstić information content (AvgIpc) is 3.13. The fourth-order valence-corrected chi connectivity index (χ4v) is 3.82. The molecule has 1 fully saturated rings. The van der Waals surface area contributed by atoms with Crippen LogP contribution >= 0.6 is 0 Å². The second kappa shape index (κ2) is 9.49. The molecule has 1 amide bonds. The molecular weight excluding hydrogens is 354 g/mol. The number of rotatable bonds is 7. The summed E-state index contributed by atoms with van der Waals surface area (Å²) in [7, 11) is 3.08. The Bertz CT molecular complexity index is 777. The van der Waals surface area contributed by atoms with Gasteiger partial charge in [0.25, 0.3) is 0 Å². The smallest absolute Gasteiger partial charge is 0.409 e. The van der Waals surface area contributed by atoms with Gasteiger partial charge in [-0.25, -0.2) is 4.79 Å². The van der Waals surface area contributed by atoms with Gasteiger partial charge < -0.3 is 19.1 Å². The molecule has 1 heterocycles. The number of amides is 1. The molecule has 1 aliphatic heterocycles. The molecule has 28 heavy (non-hydrogen) atoms. The minimum atomic E-state index is -0.264. The Balaban J connectivity index is 1.64. The Morgan fingerprint density at radius 1 is 1.07 bits per heavy atom. The predicted octanol–water partition coefficient (Wildman–Crippen LogP) is 4.51. The second-order valence-corrected chi connectivity index (χ2v) is 7.31. The molecule has 0 bridgehead atoms. The number of carbonyl (C=O) groups is 1. The molecule has 2 atom stereocenters. The molecule has 0 radical (unpaired) electrons. The number of likely N-dealkylation sites (tertiary alicyclic amines) is 1. The van der Waals surface area contributed by atoms with Crippen LogP contribution in [0, 0.1) is 5.92 Å². The zero-order valence-electron chi connectivity index (χ0n) is 16.9. The van der Waals surface area contributed by atoms with Gasteiger partial charge >= 0.3 is 6.09 Å². The molecule has 3 rings (SSSR count). The number of methoxy groups -OCH3 is 2. The van der Waals surface area contributed by atoms with Crippen LogP contribution in [0.1, 0.15) is 30.4 Å². The maximum Gasteiger partial charge on any atom is 0.409 e. The quantitative estimate of drug-likeness (QED) is 0.660. The van der Waals surface area contributed by atoms with Crippen molar-refractivity contribution in [2.45, 2.75) is 25.7 Å². The fraction of sp³-hybridized carbons (Fsp3) is 0.435. The van der Waals surface area contributed by atoms with E-state index in [4.69, 9.17) is 14.2 Å².